The third kappa shape index (κ3) is 8.31. The minimum absolute atomic E-state index is 0.00562. The smallest absolute Gasteiger partial charge is 0.478 e. The Hall–Kier alpha value is -3.40. The summed E-state index contributed by atoms with van der Waals surface area (Å²) < 4.78 is 32.3. The first-order chi connectivity index (χ1) is 13.8. The van der Waals surface area contributed by atoms with Gasteiger partial charge < -0.3 is 26.4 Å². The van der Waals surface area contributed by atoms with Crippen molar-refractivity contribution in [2.75, 3.05) is 16.8 Å². The zero-order valence-electron chi connectivity index (χ0n) is 14.3. The molecule has 1 aromatic heterocycles. The number of carbonyl (C=O) groups is 4. The highest BCUT2D eigenvalue weighted by Gasteiger charge is 2.38. The van der Waals surface area contributed by atoms with Gasteiger partial charge in [-0.3, -0.25) is 4.79 Å². The number of carbonyl (C=O) groups excluding carboxylic acids is 1. The number of carboxylic acid groups (broad SMARTS) is 3. The molecule has 30 heavy (non-hydrogen) atoms. The molecule has 0 aliphatic heterocycles. The molecule has 6 N–H and O–H groups in total. The van der Waals surface area contributed by atoms with Crippen molar-refractivity contribution in [3.05, 3.63) is 29.3 Å². The van der Waals surface area contributed by atoms with Crippen LogP contribution in [0.25, 0.3) is 0 Å². The van der Waals surface area contributed by atoms with Crippen LogP contribution in [0.5, 0.6) is 0 Å². The quantitative estimate of drug-likeness (QED) is 0.389. The summed E-state index contributed by atoms with van der Waals surface area (Å²) in [4.78, 5) is 42.7. The third-order valence-corrected chi connectivity index (χ3v) is 4.59. The molecule has 0 saturated heterocycles. The number of nitrogen functional groups attached to an aromatic ring is 1. The first kappa shape index (κ1) is 24.6. The van der Waals surface area contributed by atoms with Crippen molar-refractivity contribution in [3.8, 4) is 0 Å². The maximum atomic E-state index is 11.9. The monoisotopic (exact) mass is 468 g/mol. The van der Waals surface area contributed by atoms with Gasteiger partial charge in [-0.15, -0.1) is 10.2 Å². The molecule has 2 aromatic rings. The van der Waals surface area contributed by atoms with E-state index < -0.39 is 30.0 Å². The van der Waals surface area contributed by atoms with Gasteiger partial charge in [0.2, 0.25) is 11.0 Å². The number of aromatic nitrogens is 2. The lowest BCUT2D eigenvalue weighted by Gasteiger charge is -2.07. The minimum atomic E-state index is -5.08. The van der Waals surface area contributed by atoms with Crippen LogP contribution in [0.15, 0.2) is 22.5 Å². The predicted octanol–water partition coefficient (Wildman–Crippen LogP) is 1.88. The van der Waals surface area contributed by atoms with Gasteiger partial charge in [0.15, 0.2) is 4.34 Å². The number of nitrogens with zero attached hydrogens (tertiary/aromatic N) is 2. The van der Waals surface area contributed by atoms with Crippen molar-refractivity contribution in [2.45, 2.75) is 10.5 Å². The average molecular weight is 468 g/mol. The number of nitrogens with one attached hydrogen (secondary N) is 1. The number of halogens is 3. The lowest BCUT2D eigenvalue weighted by atomic mass is 10.1. The Morgan fingerprint density at radius 2 is 1.53 bits per heavy atom. The van der Waals surface area contributed by atoms with Crippen molar-refractivity contribution >= 4 is 57.7 Å². The van der Waals surface area contributed by atoms with E-state index in [2.05, 4.69) is 15.5 Å². The van der Waals surface area contributed by atoms with Crippen LogP contribution in [0.4, 0.5) is 24.0 Å². The fraction of sp³-hybridized carbons (Fsp3) is 0.143. The largest absolute Gasteiger partial charge is 0.490 e. The van der Waals surface area contributed by atoms with Crippen LogP contribution in [-0.4, -0.2) is 61.3 Å². The molecule has 0 radical (unpaired) electrons. The molecule has 0 aliphatic carbocycles. The Balaban J connectivity index is 0.000000553. The number of aromatic carboxylic acids is 2. The maximum absolute atomic E-state index is 11.9. The molecule has 0 aliphatic rings. The van der Waals surface area contributed by atoms with Crippen molar-refractivity contribution < 1.29 is 47.7 Å². The highest BCUT2D eigenvalue weighted by atomic mass is 32.2. The number of thioether (sulfide) groups is 1. The zero-order chi connectivity index (χ0) is 23.1. The van der Waals surface area contributed by atoms with Gasteiger partial charge in [-0.25, -0.2) is 14.4 Å². The SMILES string of the molecule is Nc1nnc(SCC(=O)Nc2cc(C(=O)O)cc(C(=O)O)c2)s1.O=C(O)C(F)(F)F. The van der Waals surface area contributed by atoms with Gasteiger partial charge in [0.25, 0.3) is 0 Å². The Bertz CT molecular complexity index is 933. The molecule has 0 saturated carbocycles. The summed E-state index contributed by atoms with van der Waals surface area (Å²) in [5.41, 5.74) is 5.04. The second-order valence-corrected chi connectivity index (χ2v) is 7.19. The van der Waals surface area contributed by atoms with Crippen molar-refractivity contribution in [3.63, 3.8) is 0 Å². The highest BCUT2D eigenvalue weighted by Crippen LogP contribution is 2.24. The molecule has 0 fully saturated rings. The number of rotatable bonds is 6. The first-order valence-corrected chi connectivity index (χ1v) is 9.03. The number of hydrogen-bond acceptors (Lipinski definition) is 9. The molecular weight excluding hydrogens is 457 g/mol. The molecule has 1 amide bonds. The molecular formula is C14H11F3N4O7S2. The molecule has 16 heteroatoms. The van der Waals surface area contributed by atoms with E-state index in [-0.39, 0.29) is 27.7 Å². The molecule has 1 aromatic carbocycles. The van der Waals surface area contributed by atoms with Gasteiger partial charge in [0.1, 0.15) is 0 Å². The number of nitrogens with two attached hydrogens (primary N) is 1. The van der Waals surface area contributed by atoms with Gasteiger partial charge in [-0.1, -0.05) is 23.1 Å². The van der Waals surface area contributed by atoms with E-state index in [0.717, 1.165) is 29.2 Å². The maximum Gasteiger partial charge on any atom is 0.490 e. The number of alkyl halides is 3. The summed E-state index contributed by atoms with van der Waals surface area (Å²) in [5.74, 6) is -5.78. The standard InChI is InChI=1S/C12H10N4O5S2.C2HF3O2/c13-11-15-16-12(23-11)22-4-8(17)14-7-2-5(9(18)19)1-6(3-7)10(20)21;3-2(4,5)1(6)7/h1-3H,4H2,(H2,13,15)(H,14,17)(H,18,19)(H,20,21);(H,6,7). The number of anilines is 2. The number of benzene rings is 1. The molecule has 2 rings (SSSR count). The Labute approximate surface area is 172 Å². The van der Waals surface area contributed by atoms with Crippen LogP contribution >= 0.6 is 23.1 Å². The lowest BCUT2D eigenvalue weighted by Crippen LogP contribution is -2.21. The molecule has 11 nitrogen and oxygen atoms in total. The summed E-state index contributed by atoms with van der Waals surface area (Å²) in [6.07, 6.45) is -5.08. The van der Waals surface area contributed by atoms with E-state index in [4.69, 9.17) is 25.8 Å². The van der Waals surface area contributed by atoms with E-state index >= 15 is 0 Å². The molecule has 0 spiro atoms. The summed E-state index contributed by atoms with van der Waals surface area (Å²) in [7, 11) is 0. The fourth-order valence-electron chi connectivity index (χ4n) is 1.55. The molecule has 0 unspecified atom stereocenters. The third-order valence-electron chi connectivity index (χ3n) is 2.70. The fourth-order valence-corrected chi connectivity index (χ4v) is 2.99. The van der Waals surface area contributed by atoms with Crippen molar-refractivity contribution in [1.29, 1.82) is 0 Å². The molecule has 0 bridgehead atoms. The minimum Gasteiger partial charge on any atom is -0.478 e. The van der Waals surface area contributed by atoms with Crippen molar-refractivity contribution in [1.82, 2.24) is 10.2 Å². The Kier molecular flexibility index (Phi) is 8.54. The van der Waals surface area contributed by atoms with Gasteiger partial charge >= 0.3 is 24.1 Å². The van der Waals surface area contributed by atoms with Crippen LogP contribution in [0.2, 0.25) is 0 Å². The summed E-state index contributed by atoms with van der Waals surface area (Å²) in [6, 6.07) is 3.37. The van der Waals surface area contributed by atoms with Crippen LogP contribution in [-0.2, 0) is 9.59 Å². The van der Waals surface area contributed by atoms with Gasteiger partial charge in [0.05, 0.1) is 16.9 Å². The van der Waals surface area contributed by atoms with E-state index in [0.29, 0.717) is 4.34 Å². The normalized spacial score (nSPS) is 10.5. The van der Waals surface area contributed by atoms with E-state index in [1.54, 1.807) is 0 Å². The van der Waals surface area contributed by atoms with Crippen LogP contribution in [0.3, 0.4) is 0 Å². The average Bonchev–Trinajstić information content (AvgIpc) is 3.04. The number of aliphatic carboxylic acids is 1. The molecule has 1 heterocycles. The van der Waals surface area contributed by atoms with E-state index in [1.807, 2.05) is 0 Å². The number of hydrogen-bond donors (Lipinski definition) is 5. The topological polar surface area (TPSA) is 193 Å². The van der Waals surface area contributed by atoms with Crippen LogP contribution < -0.4 is 11.1 Å². The number of carboxylic acids is 3. The van der Waals surface area contributed by atoms with Gasteiger partial charge in [0, 0.05) is 5.69 Å². The van der Waals surface area contributed by atoms with Gasteiger partial charge in [-0.05, 0) is 18.2 Å². The summed E-state index contributed by atoms with van der Waals surface area (Å²) in [6.45, 7) is 0. The summed E-state index contributed by atoms with van der Waals surface area (Å²) >= 11 is 2.24. The molecule has 162 valence electrons. The molecule has 0 atom stereocenters. The van der Waals surface area contributed by atoms with Crippen LogP contribution in [0.1, 0.15) is 20.7 Å². The zero-order valence-corrected chi connectivity index (χ0v) is 16.0. The lowest BCUT2D eigenvalue weighted by molar-refractivity contribution is -0.192. The first-order valence-electron chi connectivity index (χ1n) is 7.23. The Morgan fingerprint density at radius 3 is 1.90 bits per heavy atom. The second kappa shape index (κ2) is 10.4. The number of amides is 1. The Morgan fingerprint density at radius 1 is 1.03 bits per heavy atom. The summed E-state index contributed by atoms with van der Waals surface area (Å²) in [5, 5.41) is 35.1. The van der Waals surface area contributed by atoms with Crippen molar-refractivity contribution in [2.24, 2.45) is 0 Å². The van der Waals surface area contributed by atoms with E-state index in [1.165, 1.54) is 12.1 Å². The van der Waals surface area contributed by atoms with E-state index in [9.17, 15) is 27.6 Å². The highest BCUT2D eigenvalue weighted by molar-refractivity contribution is 8.01. The van der Waals surface area contributed by atoms with Gasteiger partial charge in [-0.2, -0.15) is 13.2 Å². The van der Waals surface area contributed by atoms with Crippen LogP contribution in [0, 0.1) is 0 Å². The second-order valence-electron chi connectivity index (χ2n) is 4.96. The predicted molar refractivity (Wildman–Crippen MR) is 97.7 cm³/mol.